The minimum atomic E-state index is -0.0193. The SMILES string of the molecule is CC1(C)c2ccccc2-c2ccc(-c3ccc(N(c4ccccc4)c4ccc(-c5ccc(-c6cccc7c6sc6ccccc67)cc5)cc4)cc3)cc21. The number of hydrogen-bond donors (Lipinski definition) is 0. The molecule has 0 saturated carbocycles. The zero-order chi connectivity index (χ0) is 35.5. The van der Waals surface area contributed by atoms with Gasteiger partial charge in [0.2, 0.25) is 0 Å². The van der Waals surface area contributed by atoms with Gasteiger partial charge >= 0.3 is 0 Å². The van der Waals surface area contributed by atoms with Gasteiger partial charge in [0, 0.05) is 42.6 Å². The summed E-state index contributed by atoms with van der Waals surface area (Å²) < 4.78 is 2.68. The Balaban J connectivity index is 0.943. The van der Waals surface area contributed by atoms with Gasteiger partial charge in [-0.2, -0.15) is 0 Å². The highest BCUT2D eigenvalue weighted by Crippen LogP contribution is 2.49. The molecule has 0 amide bonds. The van der Waals surface area contributed by atoms with Crippen LogP contribution in [0.4, 0.5) is 17.1 Å². The van der Waals surface area contributed by atoms with E-state index in [1.807, 2.05) is 11.3 Å². The zero-order valence-corrected chi connectivity index (χ0v) is 30.6. The van der Waals surface area contributed by atoms with E-state index < -0.39 is 0 Å². The summed E-state index contributed by atoms with van der Waals surface area (Å²) in [7, 11) is 0. The molecule has 0 unspecified atom stereocenters. The second kappa shape index (κ2) is 12.5. The molecule has 1 heterocycles. The summed E-state index contributed by atoms with van der Waals surface area (Å²) in [4.78, 5) is 2.34. The molecule has 53 heavy (non-hydrogen) atoms. The van der Waals surface area contributed by atoms with E-state index in [1.165, 1.54) is 75.8 Å². The van der Waals surface area contributed by atoms with Gasteiger partial charge in [-0.25, -0.2) is 0 Å². The van der Waals surface area contributed by atoms with Crippen LogP contribution in [0.2, 0.25) is 0 Å². The van der Waals surface area contributed by atoms with Crippen LogP contribution in [0.25, 0.3) is 64.7 Å². The lowest BCUT2D eigenvalue weighted by atomic mass is 9.81. The number of fused-ring (bicyclic) bond motifs is 6. The van der Waals surface area contributed by atoms with Gasteiger partial charge < -0.3 is 4.90 Å². The summed E-state index contributed by atoms with van der Waals surface area (Å²) in [5.41, 5.74) is 16.3. The molecule has 1 aromatic heterocycles. The van der Waals surface area contributed by atoms with Gasteiger partial charge in [-0.1, -0.05) is 153 Å². The fraction of sp³-hybridized carbons (Fsp3) is 0.0588. The monoisotopic (exact) mass is 695 g/mol. The molecular formula is C51H37NS. The minimum absolute atomic E-state index is 0.0193. The first-order chi connectivity index (χ1) is 26.0. The Morgan fingerprint density at radius 1 is 0.377 bits per heavy atom. The van der Waals surface area contributed by atoms with Gasteiger partial charge in [-0.15, -0.1) is 11.3 Å². The number of thiophene rings is 1. The van der Waals surface area contributed by atoms with Gasteiger partial charge in [-0.3, -0.25) is 0 Å². The molecule has 0 atom stereocenters. The molecule has 9 aromatic rings. The summed E-state index contributed by atoms with van der Waals surface area (Å²) in [5, 5.41) is 2.67. The van der Waals surface area contributed by atoms with Crippen LogP contribution < -0.4 is 4.90 Å². The molecule has 0 fully saturated rings. The molecule has 10 rings (SSSR count). The molecule has 1 nitrogen and oxygen atoms in total. The highest BCUT2D eigenvalue weighted by Gasteiger charge is 2.35. The van der Waals surface area contributed by atoms with Crippen LogP contribution in [-0.2, 0) is 5.41 Å². The van der Waals surface area contributed by atoms with E-state index >= 15 is 0 Å². The average molecular weight is 696 g/mol. The molecule has 1 aliphatic carbocycles. The van der Waals surface area contributed by atoms with E-state index in [4.69, 9.17) is 0 Å². The summed E-state index contributed by atoms with van der Waals surface area (Å²) in [5.74, 6) is 0. The highest BCUT2D eigenvalue weighted by molar-refractivity contribution is 7.26. The number of rotatable bonds is 6. The zero-order valence-electron chi connectivity index (χ0n) is 29.8. The van der Waals surface area contributed by atoms with Crippen molar-refractivity contribution in [1.29, 1.82) is 0 Å². The summed E-state index contributed by atoms with van der Waals surface area (Å²) >= 11 is 1.88. The van der Waals surface area contributed by atoms with Crippen molar-refractivity contribution >= 4 is 48.6 Å². The maximum Gasteiger partial charge on any atom is 0.0462 e. The van der Waals surface area contributed by atoms with Crippen molar-refractivity contribution in [3.63, 3.8) is 0 Å². The highest BCUT2D eigenvalue weighted by atomic mass is 32.1. The third-order valence-corrected chi connectivity index (χ3v) is 12.3. The topological polar surface area (TPSA) is 3.24 Å². The van der Waals surface area contributed by atoms with Crippen LogP contribution >= 0.6 is 11.3 Å². The van der Waals surface area contributed by atoms with Gasteiger partial charge in [0.25, 0.3) is 0 Å². The summed E-state index contributed by atoms with van der Waals surface area (Å²) in [6.45, 7) is 4.69. The first-order valence-electron chi connectivity index (χ1n) is 18.3. The van der Waals surface area contributed by atoms with Crippen molar-refractivity contribution in [1.82, 2.24) is 0 Å². The van der Waals surface area contributed by atoms with Crippen molar-refractivity contribution in [2.45, 2.75) is 19.3 Å². The van der Waals surface area contributed by atoms with Crippen LogP contribution in [0.1, 0.15) is 25.0 Å². The molecule has 8 aromatic carbocycles. The van der Waals surface area contributed by atoms with E-state index in [0.717, 1.165) is 17.1 Å². The van der Waals surface area contributed by atoms with Crippen molar-refractivity contribution in [2.24, 2.45) is 0 Å². The molecule has 0 radical (unpaired) electrons. The Kier molecular flexibility index (Phi) is 7.42. The Morgan fingerprint density at radius 2 is 0.887 bits per heavy atom. The second-order valence-electron chi connectivity index (χ2n) is 14.6. The van der Waals surface area contributed by atoms with E-state index in [0.29, 0.717) is 0 Å². The lowest BCUT2D eigenvalue weighted by Gasteiger charge is -2.26. The number of hydrogen-bond acceptors (Lipinski definition) is 2. The Morgan fingerprint density at radius 3 is 1.62 bits per heavy atom. The second-order valence-corrected chi connectivity index (χ2v) is 15.6. The van der Waals surface area contributed by atoms with Crippen molar-refractivity contribution in [2.75, 3.05) is 4.90 Å². The summed E-state index contributed by atoms with van der Waals surface area (Å²) in [6.07, 6.45) is 0. The van der Waals surface area contributed by atoms with E-state index in [2.05, 4.69) is 207 Å². The van der Waals surface area contributed by atoms with Crippen LogP contribution in [0, 0.1) is 0 Å². The smallest absolute Gasteiger partial charge is 0.0462 e. The molecule has 0 spiro atoms. The standard InChI is InChI=1S/C51H37NS/c1-51(2)47-17-8-6-13-43(47)44-32-27-38(33-48(44)51)36-25-30-41(31-26-36)52(39-11-4-3-5-12-39)40-28-23-35(24-29-40)34-19-21-37(22-20-34)42-15-10-16-46-45-14-7-9-18-49(45)53-50(42)46/h3-33H,1-2H3. The van der Waals surface area contributed by atoms with E-state index in [-0.39, 0.29) is 5.41 Å². The van der Waals surface area contributed by atoms with Gasteiger partial charge in [0.15, 0.2) is 0 Å². The Hall–Kier alpha value is -6.22. The maximum atomic E-state index is 2.40. The van der Waals surface area contributed by atoms with Gasteiger partial charge in [0.1, 0.15) is 0 Å². The molecule has 0 aliphatic heterocycles. The molecule has 252 valence electrons. The Labute approximate surface area is 315 Å². The lowest BCUT2D eigenvalue weighted by Crippen LogP contribution is -2.14. The number of anilines is 3. The van der Waals surface area contributed by atoms with E-state index in [9.17, 15) is 0 Å². The largest absolute Gasteiger partial charge is 0.311 e. The van der Waals surface area contributed by atoms with Crippen LogP contribution in [0.3, 0.4) is 0 Å². The van der Waals surface area contributed by atoms with E-state index in [1.54, 1.807) is 0 Å². The number of benzene rings is 8. The third kappa shape index (κ3) is 5.29. The quantitative estimate of drug-likeness (QED) is 0.167. The Bertz CT molecular complexity index is 2770. The van der Waals surface area contributed by atoms with Gasteiger partial charge in [-0.05, 0) is 104 Å². The van der Waals surface area contributed by atoms with Crippen molar-refractivity contribution < 1.29 is 0 Å². The van der Waals surface area contributed by atoms with Crippen molar-refractivity contribution in [3.8, 4) is 44.5 Å². The number of para-hydroxylation sites is 1. The predicted octanol–water partition coefficient (Wildman–Crippen LogP) is 14.8. The minimum Gasteiger partial charge on any atom is -0.311 e. The average Bonchev–Trinajstić information content (AvgIpc) is 3.71. The van der Waals surface area contributed by atoms with Crippen molar-refractivity contribution in [3.05, 3.63) is 199 Å². The maximum absolute atomic E-state index is 2.40. The van der Waals surface area contributed by atoms with Gasteiger partial charge in [0.05, 0.1) is 0 Å². The molecule has 1 aliphatic rings. The third-order valence-electron chi connectivity index (χ3n) is 11.1. The predicted molar refractivity (Wildman–Crippen MR) is 228 cm³/mol. The first-order valence-corrected chi connectivity index (χ1v) is 19.2. The fourth-order valence-electron chi connectivity index (χ4n) is 8.33. The summed E-state index contributed by atoms with van der Waals surface area (Å²) in [6, 6.07) is 68.9. The lowest BCUT2D eigenvalue weighted by molar-refractivity contribution is 0.660. The molecule has 0 N–H and O–H groups in total. The molecular weight excluding hydrogens is 659 g/mol. The van der Waals surface area contributed by atoms with Crippen LogP contribution in [0.5, 0.6) is 0 Å². The normalized spacial score (nSPS) is 12.9. The number of nitrogens with zero attached hydrogens (tertiary/aromatic N) is 1. The molecule has 2 heteroatoms. The molecule has 0 saturated heterocycles. The first kappa shape index (κ1) is 31.5. The fourth-order valence-corrected chi connectivity index (χ4v) is 9.57. The molecule has 0 bridgehead atoms. The van der Waals surface area contributed by atoms with Crippen LogP contribution in [0.15, 0.2) is 188 Å². The van der Waals surface area contributed by atoms with Crippen LogP contribution in [-0.4, -0.2) is 0 Å².